The summed E-state index contributed by atoms with van der Waals surface area (Å²) in [7, 11) is 1.78. The van der Waals surface area contributed by atoms with Gasteiger partial charge < -0.3 is 9.64 Å². The van der Waals surface area contributed by atoms with Gasteiger partial charge in [-0.15, -0.1) is 0 Å². The highest BCUT2D eigenvalue weighted by molar-refractivity contribution is 9.10. The minimum absolute atomic E-state index is 0.0300. The maximum atomic E-state index is 12.5. The molecule has 152 valence electrons. The number of aryl methyl sites for hydroxylation is 1. The number of hydrogen-bond acceptors (Lipinski definition) is 4. The van der Waals surface area contributed by atoms with E-state index in [4.69, 9.17) is 17.0 Å². The molecule has 8 heteroatoms. The molecule has 1 N–H and O–H groups in total. The molecule has 0 bridgehead atoms. The molecule has 0 aliphatic carbocycles. The number of hydrogen-bond donors (Lipinski definition) is 1. The third-order valence-electron chi connectivity index (χ3n) is 4.55. The number of nitrogens with zero attached hydrogens (tertiary/aromatic N) is 3. The second-order valence-electron chi connectivity index (χ2n) is 6.74. The Labute approximate surface area is 183 Å². The number of benzene rings is 2. The van der Waals surface area contributed by atoms with Crippen LogP contribution in [0.2, 0.25) is 0 Å². The van der Waals surface area contributed by atoms with E-state index in [2.05, 4.69) is 26.1 Å². The Morgan fingerprint density at radius 2 is 1.90 bits per heavy atom. The van der Waals surface area contributed by atoms with Crippen LogP contribution in [0.1, 0.15) is 12.0 Å². The fourth-order valence-corrected chi connectivity index (χ4v) is 3.29. The van der Waals surface area contributed by atoms with Crippen LogP contribution < -0.4 is 4.74 Å². The van der Waals surface area contributed by atoms with Gasteiger partial charge in [-0.25, -0.2) is 0 Å². The Morgan fingerprint density at radius 1 is 1.21 bits per heavy atom. The number of aromatic amines is 1. The number of nitrogens with one attached hydrogen (secondary N) is 1. The lowest BCUT2D eigenvalue weighted by Gasteiger charge is -2.18. The highest BCUT2D eigenvalue weighted by Gasteiger charge is 2.13. The van der Waals surface area contributed by atoms with E-state index < -0.39 is 0 Å². The van der Waals surface area contributed by atoms with Crippen molar-refractivity contribution in [1.82, 2.24) is 19.7 Å². The Kier molecular flexibility index (Phi) is 7.22. The average molecular weight is 475 g/mol. The van der Waals surface area contributed by atoms with E-state index >= 15 is 0 Å². The number of ether oxygens (including phenoxy) is 1. The van der Waals surface area contributed by atoms with Gasteiger partial charge >= 0.3 is 0 Å². The van der Waals surface area contributed by atoms with Crippen molar-refractivity contribution < 1.29 is 9.53 Å². The van der Waals surface area contributed by atoms with Crippen LogP contribution in [0.3, 0.4) is 0 Å². The van der Waals surface area contributed by atoms with Crippen molar-refractivity contribution in [3.05, 3.63) is 63.3 Å². The number of aromatic nitrogens is 3. The van der Waals surface area contributed by atoms with Crippen molar-refractivity contribution in [2.75, 3.05) is 20.2 Å². The standard InChI is InChI=1S/C21H23BrN4O2S/c1-15-3-5-16(6-4-15)20-23-24-21(29)26(20)12-11-19(27)25(2)13-14-28-18-9-7-17(22)8-10-18/h3-10H,11-14H2,1-2H3,(H,24,29). The molecular weight excluding hydrogens is 452 g/mol. The van der Waals surface area contributed by atoms with Crippen LogP contribution in [0.5, 0.6) is 5.75 Å². The third-order valence-corrected chi connectivity index (χ3v) is 5.39. The van der Waals surface area contributed by atoms with Gasteiger partial charge in [-0.3, -0.25) is 14.5 Å². The molecule has 1 heterocycles. The lowest BCUT2D eigenvalue weighted by Crippen LogP contribution is -2.31. The Bertz CT molecular complexity index is 1010. The number of rotatable bonds is 8. The van der Waals surface area contributed by atoms with E-state index in [-0.39, 0.29) is 5.91 Å². The van der Waals surface area contributed by atoms with E-state index in [9.17, 15) is 4.79 Å². The van der Waals surface area contributed by atoms with Gasteiger partial charge in [0.2, 0.25) is 5.91 Å². The average Bonchev–Trinajstić information content (AvgIpc) is 3.08. The van der Waals surface area contributed by atoms with Gasteiger partial charge in [0.1, 0.15) is 12.4 Å². The predicted molar refractivity (Wildman–Crippen MR) is 119 cm³/mol. The van der Waals surface area contributed by atoms with Crippen molar-refractivity contribution in [3.63, 3.8) is 0 Å². The summed E-state index contributed by atoms with van der Waals surface area (Å²) in [6, 6.07) is 15.7. The first-order valence-corrected chi connectivity index (χ1v) is 10.5. The lowest BCUT2D eigenvalue weighted by molar-refractivity contribution is -0.130. The molecule has 3 aromatic rings. The summed E-state index contributed by atoms with van der Waals surface area (Å²) in [6.45, 7) is 3.45. The summed E-state index contributed by atoms with van der Waals surface area (Å²) in [5, 5.41) is 7.15. The number of amides is 1. The van der Waals surface area contributed by atoms with Crippen LogP contribution in [0, 0.1) is 11.7 Å². The minimum atomic E-state index is 0.0300. The van der Waals surface area contributed by atoms with Gasteiger partial charge in [0.05, 0.1) is 6.54 Å². The summed E-state index contributed by atoms with van der Waals surface area (Å²) in [5.74, 6) is 1.55. The fourth-order valence-electron chi connectivity index (χ4n) is 2.80. The topological polar surface area (TPSA) is 63.2 Å². The third kappa shape index (κ3) is 5.77. The highest BCUT2D eigenvalue weighted by Crippen LogP contribution is 2.19. The van der Waals surface area contributed by atoms with Crippen molar-refractivity contribution in [2.24, 2.45) is 0 Å². The van der Waals surface area contributed by atoms with Gasteiger partial charge in [0.15, 0.2) is 10.6 Å². The summed E-state index contributed by atoms with van der Waals surface area (Å²) in [5.41, 5.74) is 2.14. The molecule has 0 aliphatic rings. The first-order valence-electron chi connectivity index (χ1n) is 9.28. The van der Waals surface area contributed by atoms with Crippen molar-refractivity contribution in [3.8, 4) is 17.1 Å². The molecule has 6 nitrogen and oxygen atoms in total. The van der Waals surface area contributed by atoms with E-state index in [0.717, 1.165) is 21.6 Å². The molecule has 0 saturated carbocycles. The SMILES string of the molecule is Cc1ccc(-c2n[nH]c(=S)n2CCC(=O)N(C)CCOc2ccc(Br)cc2)cc1. The first kappa shape index (κ1) is 21.3. The first-order chi connectivity index (χ1) is 13.9. The Hall–Kier alpha value is -2.45. The highest BCUT2D eigenvalue weighted by atomic mass is 79.9. The van der Waals surface area contributed by atoms with E-state index in [1.807, 2.05) is 60.0 Å². The molecule has 1 amide bonds. The molecular formula is C21H23BrN4O2S. The molecule has 3 rings (SSSR count). The number of H-pyrrole nitrogens is 1. The molecule has 0 radical (unpaired) electrons. The summed E-state index contributed by atoms with van der Waals surface area (Å²) in [4.78, 5) is 14.2. The van der Waals surface area contributed by atoms with Crippen LogP contribution in [-0.4, -0.2) is 45.8 Å². The quantitative estimate of drug-likeness (QED) is 0.484. The second kappa shape index (κ2) is 9.84. The van der Waals surface area contributed by atoms with Gasteiger partial charge in [-0.2, -0.15) is 5.10 Å². The van der Waals surface area contributed by atoms with Crippen molar-refractivity contribution >= 4 is 34.1 Å². The smallest absolute Gasteiger partial charge is 0.224 e. The lowest BCUT2D eigenvalue weighted by atomic mass is 10.1. The molecule has 0 fully saturated rings. The minimum Gasteiger partial charge on any atom is -0.492 e. The van der Waals surface area contributed by atoms with E-state index in [0.29, 0.717) is 30.9 Å². The molecule has 0 unspecified atom stereocenters. The van der Waals surface area contributed by atoms with Gasteiger partial charge in [0, 0.05) is 30.0 Å². The summed E-state index contributed by atoms with van der Waals surface area (Å²) >= 11 is 8.74. The van der Waals surface area contributed by atoms with E-state index in [1.54, 1.807) is 11.9 Å². The van der Waals surface area contributed by atoms with Crippen LogP contribution in [0.4, 0.5) is 0 Å². The predicted octanol–water partition coefficient (Wildman–Crippen LogP) is 4.61. The fraction of sp³-hybridized carbons (Fsp3) is 0.286. The number of carbonyl (C=O) groups is 1. The van der Waals surface area contributed by atoms with E-state index in [1.165, 1.54) is 5.56 Å². The maximum absolute atomic E-state index is 12.5. The van der Waals surface area contributed by atoms with Gasteiger partial charge in [0.25, 0.3) is 0 Å². The molecule has 1 aromatic heterocycles. The van der Waals surface area contributed by atoms with Gasteiger partial charge in [-0.1, -0.05) is 45.8 Å². The molecule has 0 atom stereocenters. The molecule has 29 heavy (non-hydrogen) atoms. The largest absolute Gasteiger partial charge is 0.492 e. The Balaban J connectivity index is 1.53. The monoisotopic (exact) mass is 474 g/mol. The maximum Gasteiger partial charge on any atom is 0.224 e. The number of halogens is 1. The van der Waals surface area contributed by atoms with Gasteiger partial charge in [-0.05, 0) is 43.4 Å². The van der Waals surface area contributed by atoms with Crippen molar-refractivity contribution in [1.29, 1.82) is 0 Å². The second-order valence-corrected chi connectivity index (χ2v) is 8.04. The zero-order chi connectivity index (χ0) is 20.8. The Morgan fingerprint density at radius 3 is 2.59 bits per heavy atom. The van der Waals surface area contributed by atoms with Crippen LogP contribution in [-0.2, 0) is 11.3 Å². The van der Waals surface area contributed by atoms with Crippen LogP contribution in [0.15, 0.2) is 53.0 Å². The zero-order valence-electron chi connectivity index (χ0n) is 16.4. The summed E-state index contributed by atoms with van der Waals surface area (Å²) in [6.07, 6.45) is 0.335. The molecule has 2 aromatic carbocycles. The molecule has 0 saturated heterocycles. The zero-order valence-corrected chi connectivity index (χ0v) is 18.8. The normalized spacial score (nSPS) is 10.7. The molecule has 0 spiro atoms. The van der Waals surface area contributed by atoms with Crippen LogP contribution >= 0.6 is 28.1 Å². The summed E-state index contributed by atoms with van der Waals surface area (Å²) < 4.78 is 9.06. The van der Waals surface area contributed by atoms with Crippen molar-refractivity contribution in [2.45, 2.75) is 19.9 Å². The van der Waals surface area contributed by atoms with Crippen LogP contribution in [0.25, 0.3) is 11.4 Å². The number of likely N-dealkylation sites (N-methyl/N-ethyl adjacent to an activating group) is 1. The number of carbonyl (C=O) groups excluding carboxylic acids is 1. The molecule has 0 aliphatic heterocycles.